The molecule has 0 saturated heterocycles. The topological polar surface area (TPSA) is 84.5 Å². The second kappa shape index (κ2) is 21.4. The zero-order valence-corrected chi connectivity index (χ0v) is 35.5. The Balaban J connectivity index is 0.00000127. The molecule has 0 aromatic heterocycles. The number of hydrogen-bond donors (Lipinski definition) is 2. The van der Waals surface area contributed by atoms with Crippen molar-refractivity contribution in [3.8, 4) is 0 Å². The minimum atomic E-state index is -0.483. The summed E-state index contributed by atoms with van der Waals surface area (Å²) in [6.45, 7) is 17.1. The lowest BCUT2D eigenvalue weighted by atomic mass is 9.82. The summed E-state index contributed by atoms with van der Waals surface area (Å²) >= 11 is 2.73. The second-order valence-corrected chi connectivity index (χ2v) is 15.0. The van der Waals surface area contributed by atoms with Crippen molar-refractivity contribution < 1.29 is 19.1 Å². The molecule has 8 heteroatoms. The van der Waals surface area contributed by atoms with Crippen LogP contribution in [-0.4, -0.2) is 24.6 Å². The number of ketones is 2. The van der Waals surface area contributed by atoms with Gasteiger partial charge in [-0.3, -0.25) is 9.59 Å². The van der Waals surface area contributed by atoms with E-state index in [1.807, 2.05) is 118 Å². The van der Waals surface area contributed by atoms with Gasteiger partial charge in [0.1, 0.15) is 6.61 Å². The van der Waals surface area contributed by atoms with Crippen molar-refractivity contribution >= 4 is 58.5 Å². The molecular formula is C51H48N2O4S2. The Morgan fingerprint density at radius 3 is 1.78 bits per heavy atom. The van der Waals surface area contributed by atoms with E-state index in [1.54, 1.807) is 31.3 Å². The number of benzene rings is 6. The molecule has 0 spiro atoms. The van der Waals surface area contributed by atoms with Gasteiger partial charge in [-0.25, -0.2) is 4.79 Å². The number of fused-ring (bicyclic) bond motifs is 2. The molecule has 0 unspecified atom stereocenters. The van der Waals surface area contributed by atoms with Crippen LogP contribution in [0.3, 0.4) is 0 Å². The highest BCUT2D eigenvalue weighted by molar-refractivity contribution is 7.99. The molecular weight excluding hydrogens is 769 g/mol. The van der Waals surface area contributed by atoms with Crippen molar-refractivity contribution in [2.75, 3.05) is 17.7 Å². The van der Waals surface area contributed by atoms with E-state index in [2.05, 4.69) is 48.6 Å². The van der Waals surface area contributed by atoms with Crippen LogP contribution in [0, 0.1) is 0 Å². The van der Waals surface area contributed by atoms with Gasteiger partial charge < -0.3 is 15.4 Å². The fourth-order valence-corrected chi connectivity index (χ4v) is 8.62. The molecule has 0 atom stereocenters. The van der Waals surface area contributed by atoms with E-state index in [0.717, 1.165) is 27.1 Å². The minimum Gasteiger partial charge on any atom is -0.457 e. The zero-order chi connectivity index (χ0) is 42.3. The summed E-state index contributed by atoms with van der Waals surface area (Å²) in [7, 11) is 1.73. The number of carbonyl (C=O) groups is 3. The number of nitrogens with one attached hydrogen (secondary N) is 2. The first-order chi connectivity index (χ1) is 28.8. The molecule has 1 aliphatic carbocycles. The maximum absolute atomic E-state index is 14.9. The Hall–Kier alpha value is -6.35. The predicted molar refractivity (Wildman–Crippen MR) is 246 cm³/mol. The number of hydrogen-bond acceptors (Lipinski definition) is 8. The van der Waals surface area contributed by atoms with E-state index in [9.17, 15) is 14.4 Å². The highest BCUT2D eigenvalue weighted by Gasteiger charge is 2.38. The summed E-state index contributed by atoms with van der Waals surface area (Å²) in [5, 5.41) is 6.24. The van der Waals surface area contributed by atoms with E-state index in [4.69, 9.17) is 4.74 Å². The summed E-state index contributed by atoms with van der Waals surface area (Å²) in [6, 6.07) is 40.3. The number of carbonyl (C=O) groups excluding carboxylic acids is 3. The van der Waals surface area contributed by atoms with Gasteiger partial charge in [0, 0.05) is 43.4 Å². The van der Waals surface area contributed by atoms with Crippen molar-refractivity contribution in [2.45, 2.75) is 53.4 Å². The second-order valence-electron chi connectivity index (χ2n) is 12.9. The molecule has 6 aromatic rings. The average Bonchev–Trinajstić information content (AvgIpc) is 3.27. The summed E-state index contributed by atoms with van der Waals surface area (Å²) < 4.78 is 5.68. The Kier molecular flexibility index (Phi) is 15.9. The molecule has 0 heterocycles. The van der Waals surface area contributed by atoms with E-state index in [1.165, 1.54) is 29.7 Å². The van der Waals surface area contributed by atoms with Crippen LogP contribution >= 0.6 is 23.5 Å². The first-order valence-electron chi connectivity index (χ1n) is 19.3. The molecule has 0 amide bonds. The van der Waals surface area contributed by atoms with Gasteiger partial charge in [0.2, 0.25) is 0 Å². The quantitative estimate of drug-likeness (QED) is 0.0879. The van der Waals surface area contributed by atoms with Gasteiger partial charge in [-0.05, 0) is 84.3 Å². The van der Waals surface area contributed by atoms with Crippen molar-refractivity contribution in [1.29, 1.82) is 0 Å². The van der Waals surface area contributed by atoms with Gasteiger partial charge in [0.15, 0.2) is 11.6 Å². The zero-order valence-electron chi connectivity index (χ0n) is 33.8. The molecule has 59 heavy (non-hydrogen) atoms. The Morgan fingerprint density at radius 2 is 1.17 bits per heavy atom. The Morgan fingerprint density at radius 1 is 0.627 bits per heavy atom. The van der Waals surface area contributed by atoms with Crippen LogP contribution in [0.25, 0.3) is 6.08 Å². The van der Waals surface area contributed by atoms with Crippen LogP contribution in [0.4, 0.5) is 11.4 Å². The third-order valence-corrected chi connectivity index (χ3v) is 11.4. The number of esters is 1. The largest absolute Gasteiger partial charge is 0.457 e. The first-order valence-corrected chi connectivity index (χ1v) is 21.0. The van der Waals surface area contributed by atoms with E-state index >= 15 is 0 Å². The van der Waals surface area contributed by atoms with Gasteiger partial charge >= 0.3 is 5.97 Å². The van der Waals surface area contributed by atoms with Gasteiger partial charge in [-0.15, -0.1) is 6.58 Å². The van der Waals surface area contributed by atoms with Gasteiger partial charge in [0.25, 0.3) is 0 Å². The number of anilines is 2. The monoisotopic (exact) mass is 816 g/mol. The molecule has 0 aliphatic heterocycles. The number of allylic oxidation sites excluding steroid dienone is 1. The van der Waals surface area contributed by atoms with Crippen molar-refractivity contribution in [2.24, 2.45) is 0 Å². The SMILES string of the molecule is C=CC.C=CNc1ccc(Sc2ccccc2Cc2ccc(C=C)cc2)c2c1C(=O)c1c(Sc3ccccc3C(=O)OCc3ccccc3)ccc(NC)c1C2=O.CC. The van der Waals surface area contributed by atoms with Crippen LogP contribution < -0.4 is 10.6 Å². The van der Waals surface area contributed by atoms with Crippen molar-refractivity contribution in [3.05, 3.63) is 209 Å². The lowest BCUT2D eigenvalue weighted by Crippen LogP contribution is -2.25. The third-order valence-electron chi connectivity index (χ3n) is 9.11. The number of rotatable bonds is 13. The molecule has 0 radical (unpaired) electrons. The molecule has 1 aliphatic rings. The Labute approximate surface area is 356 Å². The first kappa shape index (κ1) is 43.8. The lowest BCUT2D eigenvalue weighted by molar-refractivity contribution is 0.0468. The molecule has 7 rings (SSSR count). The van der Waals surface area contributed by atoms with Crippen LogP contribution in [-0.2, 0) is 17.8 Å². The summed E-state index contributed by atoms with van der Waals surface area (Å²) in [4.78, 5) is 46.0. The third kappa shape index (κ3) is 10.2. The molecule has 6 nitrogen and oxygen atoms in total. The number of ether oxygens (including phenoxy) is 1. The molecule has 0 saturated carbocycles. The van der Waals surface area contributed by atoms with Crippen molar-refractivity contribution in [3.63, 3.8) is 0 Å². The highest BCUT2D eigenvalue weighted by Crippen LogP contribution is 2.46. The summed E-state index contributed by atoms with van der Waals surface area (Å²) in [5.74, 6) is -1.05. The average molecular weight is 817 g/mol. The fourth-order valence-electron chi connectivity index (χ4n) is 6.45. The standard InChI is InChI=1S/C46H36N2O4S2.C3H6.C2H6/c1-4-29-19-21-30(22-20-29)27-32-15-9-11-17-36(32)53-38-26-24-35(48-5-2)41-43(38)44(49)40-34(47-3)23-25-39(42(40)45(41)50)54-37-18-12-10-16-33(37)46(51)52-28-31-13-7-6-8-14-31;1-3-2;1-2/h4-26,47-48H,1-2,27-28H2,3H3;3H,1H2,2H3;1-2H3. The van der Waals surface area contributed by atoms with Crippen LogP contribution in [0.2, 0.25) is 0 Å². The highest BCUT2D eigenvalue weighted by atomic mass is 32.2. The van der Waals surface area contributed by atoms with E-state index in [0.29, 0.717) is 43.6 Å². The minimum absolute atomic E-state index is 0.126. The lowest BCUT2D eigenvalue weighted by Gasteiger charge is -2.26. The fraction of sp³-hybridized carbons (Fsp3) is 0.118. The molecule has 298 valence electrons. The van der Waals surface area contributed by atoms with Gasteiger partial charge in [-0.2, -0.15) is 0 Å². The maximum atomic E-state index is 14.9. The van der Waals surface area contributed by atoms with Crippen LogP contribution in [0.1, 0.15) is 85.2 Å². The van der Waals surface area contributed by atoms with Crippen LogP contribution in [0.15, 0.2) is 179 Å². The summed E-state index contributed by atoms with van der Waals surface area (Å²) in [6.07, 6.45) is 5.77. The molecule has 0 fully saturated rings. The molecule has 0 bridgehead atoms. The molecule has 2 N–H and O–H groups in total. The van der Waals surface area contributed by atoms with Crippen molar-refractivity contribution in [1.82, 2.24) is 0 Å². The predicted octanol–water partition coefficient (Wildman–Crippen LogP) is 13.2. The normalized spacial score (nSPS) is 11.0. The van der Waals surface area contributed by atoms with E-state index in [-0.39, 0.29) is 34.9 Å². The summed E-state index contributed by atoms with van der Waals surface area (Å²) in [5.41, 5.74) is 6.73. The van der Waals surface area contributed by atoms with E-state index < -0.39 is 5.97 Å². The Bertz CT molecular complexity index is 2480. The molecule has 6 aromatic carbocycles. The smallest absolute Gasteiger partial charge is 0.339 e. The van der Waals surface area contributed by atoms with Gasteiger partial charge in [0.05, 0.1) is 22.4 Å². The van der Waals surface area contributed by atoms with Crippen LogP contribution in [0.5, 0.6) is 0 Å². The van der Waals surface area contributed by atoms with Gasteiger partial charge in [-0.1, -0.05) is 148 Å². The maximum Gasteiger partial charge on any atom is 0.339 e.